The first kappa shape index (κ1) is 20.2. The molecule has 0 saturated carbocycles. The summed E-state index contributed by atoms with van der Waals surface area (Å²) in [5, 5.41) is 12.8. The van der Waals surface area contributed by atoms with Gasteiger partial charge in [-0.1, -0.05) is 6.07 Å². The standard InChI is InChI=1S/C21H20F2N2O5/c1-21-5-2-6-30-15(21)10-25-9-13(17(26)18(27)16(25)19(21)28)20(29)24-8-11-3-4-12(22)7-14(11)23/h3-4,7,9,15,27H,2,5-6,8,10H2,1H3,(H,24,29). The van der Waals surface area contributed by atoms with Gasteiger partial charge in [-0.25, -0.2) is 8.78 Å². The number of pyridine rings is 1. The molecule has 0 bridgehead atoms. The Labute approximate surface area is 170 Å². The Morgan fingerprint density at radius 2 is 2.13 bits per heavy atom. The Morgan fingerprint density at radius 3 is 2.87 bits per heavy atom. The lowest BCUT2D eigenvalue weighted by atomic mass is 9.71. The van der Waals surface area contributed by atoms with Crippen LogP contribution in [0.15, 0.2) is 29.2 Å². The molecule has 1 aromatic carbocycles. The van der Waals surface area contributed by atoms with Crippen LogP contribution in [-0.2, 0) is 17.8 Å². The van der Waals surface area contributed by atoms with Crippen molar-refractivity contribution < 1.29 is 28.2 Å². The van der Waals surface area contributed by atoms with E-state index in [4.69, 9.17) is 4.74 Å². The van der Waals surface area contributed by atoms with Crippen LogP contribution in [0.1, 0.15) is 46.2 Å². The largest absolute Gasteiger partial charge is 0.503 e. The number of ketones is 1. The number of carbonyl (C=O) groups is 2. The van der Waals surface area contributed by atoms with E-state index in [9.17, 15) is 28.3 Å². The fraction of sp³-hybridized carbons (Fsp3) is 0.381. The maximum Gasteiger partial charge on any atom is 0.257 e. The second-order valence-electron chi connectivity index (χ2n) is 7.85. The van der Waals surface area contributed by atoms with Crippen LogP contribution < -0.4 is 10.7 Å². The number of hydrogen-bond donors (Lipinski definition) is 2. The molecule has 2 atom stereocenters. The van der Waals surface area contributed by atoms with E-state index in [0.29, 0.717) is 25.5 Å². The summed E-state index contributed by atoms with van der Waals surface area (Å²) in [6.45, 7) is 2.18. The highest BCUT2D eigenvalue weighted by Crippen LogP contribution is 2.42. The molecule has 7 nitrogen and oxygen atoms in total. The number of nitrogens with zero attached hydrogens (tertiary/aromatic N) is 1. The van der Waals surface area contributed by atoms with Gasteiger partial charge in [0.15, 0.2) is 11.5 Å². The van der Waals surface area contributed by atoms with E-state index in [2.05, 4.69) is 5.32 Å². The Hall–Kier alpha value is -3.07. The molecule has 9 heteroatoms. The first-order valence-corrected chi connectivity index (χ1v) is 9.57. The van der Waals surface area contributed by atoms with Crippen molar-refractivity contribution in [3.8, 4) is 5.75 Å². The Morgan fingerprint density at radius 1 is 1.37 bits per heavy atom. The molecule has 1 saturated heterocycles. The molecule has 2 N–H and O–H groups in total. The lowest BCUT2D eigenvalue weighted by Gasteiger charge is -2.44. The zero-order valence-electron chi connectivity index (χ0n) is 16.2. The lowest BCUT2D eigenvalue weighted by molar-refractivity contribution is -0.0740. The molecule has 0 aliphatic carbocycles. The van der Waals surface area contributed by atoms with Gasteiger partial charge < -0.3 is 19.7 Å². The van der Waals surface area contributed by atoms with Crippen molar-refractivity contribution in [1.29, 1.82) is 0 Å². The number of nitrogens with one attached hydrogen (secondary N) is 1. The third kappa shape index (κ3) is 3.19. The molecule has 2 aromatic rings. The molecular weight excluding hydrogens is 398 g/mol. The van der Waals surface area contributed by atoms with Crippen LogP contribution in [0.5, 0.6) is 5.75 Å². The van der Waals surface area contributed by atoms with Crippen LogP contribution in [0, 0.1) is 17.0 Å². The number of ether oxygens (including phenoxy) is 1. The summed E-state index contributed by atoms with van der Waals surface area (Å²) in [5.41, 5.74) is -2.30. The number of aromatic nitrogens is 1. The topological polar surface area (TPSA) is 97.6 Å². The number of carbonyl (C=O) groups excluding carboxylic acids is 2. The van der Waals surface area contributed by atoms with E-state index >= 15 is 0 Å². The Balaban J connectivity index is 1.64. The average Bonchev–Trinajstić information content (AvgIpc) is 2.70. The molecule has 1 amide bonds. The van der Waals surface area contributed by atoms with E-state index in [0.717, 1.165) is 6.07 Å². The van der Waals surface area contributed by atoms with Crippen molar-refractivity contribution in [2.75, 3.05) is 6.61 Å². The fourth-order valence-electron chi connectivity index (χ4n) is 4.10. The van der Waals surface area contributed by atoms with Crippen LogP contribution in [0.3, 0.4) is 0 Å². The van der Waals surface area contributed by atoms with Gasteiger partial charge in [0, 0.05) is 31.0 Å². The smallest absolute Gasteiger partial charge is 0.257 e. The molecule has 2 unspecified atom stereocenters. The van der Waals surface area contributed by atoms with E-state index in [1.165, 1.54) is 16.8 Å². The fourth-order valence-corrected chi connectivity index (χ4v) is 4.10. The maximum absolute atomic E-state index is 13.8. The van der Waals surface area contributed by atoms with Crippen molar-refractivity contribution in [3.63, 3.8) is 0 Å². The monoisotopic (exact) mass is 418 g/mol. The predicted molar refractivity (Wildman–Crippen MR) is 101 cm³/mol. The van der Waals surface area contributed by atoms with Gasteiger partial charge in [0.1, 0.15) is 22.9 Å². The summed E-state index contributed by atoms with van der Waals surface area (Å²) in [6, 6.07) is 2.92. The van der Waals surface area contributed by atoms with E-state index in [1.807, 2.05) is 0 Å². The van der Waals surface area contributed by atoms with Crippen molar-refractivity contribution >= 4 is 11.7 Å². The number of amides is 1. The number of fused-ring (bicyclic) bond motifs is 2. The normalized spacial score (nSPS) is 22.9. The SMILES string of the molecule is CC12CCCOC1Cn1cc(C(=O)NCc3ccc(F)cc3F)c(=O)c(O)c1C2=O. The van der Waals surface area contributed by atoms with E-state index in [-0.39, 0.29) is 29.9 Å². The number of aromatic hydroxyl groups is 1. The van der Waals surface area contributed by atoms with Gasteiger partial charge in [0.25, 0.3) is 5.91 Å². The number of Topliss-reactive ketones (excluding diaryl/α,β-unsaturated/α-hetero) is 1. The summed E-state index contributed by atoms with van der Waals surface area (Å²) >= 11 is 0. The van der Waals surface area contributed by atoms with Gasteiger partial charge in [0.2, 0.25) is 5.43 Å². The molecule has 158 valence electrons. The summed E-state index contributed by atoms with van der Waals surface area (Å²) in [6.07, 6.45) is 2.06. The summed E-state index contributed by atoms with van der Waals surface area (Å²) < 4.78 is 33.9. The molecule has 30 heavy (non-hydrogen) atoms. The number of rotatable bonds is 3. The zero-order chi connectivity index (χ0) is 21.6. The van der Waals surface area contributed by atoms with Crippen LogP contribution in [0.4, 0.5) is 8.78 Å². The average molecular weight is 418 g/mol. The Kier molecular flexibility index (Phi) is 4.93. The third-order valence-electron chi connectivity index (χ3n) is 5.92. The number of hydrogen-bond acceptors (Lipinski definition) is 5. The van der Waals surface area contributed by atoms with Crippen molar-refractivity contribution in [2.45, 2.75) is 39.0 Å². The third-order valence-corrected chi connectivity index (χ3v) is 5.92. The highest BCUT2D eigenvalue weighted by atomic mass is 19.1. The second-order valence-corrected chi connectivity index (χ2v) is 7.85. The minimum absolute atomic E-state index is 0.0357. The molecule has 1 fully saturated rings. The molecule has 4 rings (SSSR count). The van der Waals surface area contributed by atoms with Crippen LogP contribution >= 0.6 is 0 Å². The lowest BCUT2D eigenvalue weighted by Crippen LogP contribution is -2.52. The first-order valence-electron chi connectivity index (χ1n) is 9.57. The van der Waals surface area contributed by atoms with Crippen molar-refractivity contribution in [1.82, 2.24) is 9.88 Å². The molecule has 2 aliphatic heterocycles. The van der Waals surface area contributed by atoms with Crippen molar-refractivity contribution in [2.24, 2.45) is 5.41 Å². The Bertz CT molecular complexity index is 1110. The highest BCUT2D eigenvalue weighted by Gasteiger charge is 2.49. The maximum atomic E-state index is 13.8. The van der Waals surface area contributed by atoms with Gasteiger partial charge in [-0.15, -0.1) is 0 Å². The zero-order valence-corrected chi connectivity index (χ0v) is 16.2. The van der Waals surface area contributed by atoms with E-state index < -0.39 is 46.0 Å². The van der Waals surface area contributed by atoms with Crippen LogP contribution in [0.2, 0.25) is 0 Å². The van der Waals surface area contributed by atoms with Gasteiger partial charge >= 0.3 is 0 Å². The minimum atomic E-state index is -0.981. The van der Waals surface area contributed by atoms with Crippen LogP contribution in [0.25, 0.3) is 0 Å². The molecule has 0 radical (unpaired) electrons. The summed E-state index contributed by atoms with van der Waals surface area (Å²) in [4.78, 5) is 38.1. The molecule has 2 aliphatic rings. The van der Waals surface area contributed by atoms with Crippen molar-refractivity contribution in [3.05, 3.63) is 63.1 Å². The molecule has 3 heterocycles. The van der Waals surface area contributed by atoms with Gasteiger partial charge in [-0.05, 0) is 25.8 Å². The summed E-state index contributed by atoms with van der Waals surface area (Å²) in [5.74, 6) is -3.61. The van der Waals surface area contributed by atoms with Gasteiger partial charge in [0.05, 0.1) is 18.1 Å². The highest BCUT2D eigenvalue weighted by molar-refractivity contribution is 6.03. The molecular formula is C21H20F2N2O5. The quantitative estimate of drug-likeness (QED) is 0.796. The predicted octanol–water partition coefficient (Wildman–Crippen LogP) is 2.14. The first-order chi connectivity index (χ1) is 14.2. The number of benzene rings is 1. The van der Waals surface area contributed by atoms with Gasteiger partial charge in [-0.3, -0.25) is 14.4 Å². The van der Waals surface area contributed by atoms with Crippen LogP contribution in [-0.4, -0.2) is 34.1 Å². The minimum Gasteiger partial charge on any atom is -0.503 e. The number of halogens is 2. The van der Waals surface area contributed by atoms with Gasteiger partial charge in [-0.2, -0.15) is 0 Å². The van der Waals surface area contributed by atoms with E-state index in [1.54, 1.807) is 6.92 Å². The second kappa shape index (κ2) is 7.32. The molecule has 1 aromatic heterocycles. The summed E-state index contributed by atoms with van der Waals surface area (Å²) in [7, 11) is 0. The molecule has 0 spiro atoms.